The molecule has 0 aliphatic heterocycles. The van der Waals surface area contributed by atoms with Crippen LogP contribution in [0, 0.1) is 0 Å². The van der Waals surface area contributed by atoms with Crippen LogP contribution < -0.4 is 0 Å². The molecule has 0 spiro atoms. The number of alkyl halides is 1. The topological polar surface area (TPSA) is 17.8 Å². The van der Waals surface area contributed by atoms with E-state index in [1.807, 2.05) is 7.05 Å². The van der Waals surface area contributed by atoms with Crippen molar-refractivity contribution in [3.8, 4) is 0 Å². The summed E-state index contributed by atoms with van der Waals surface area (Å²) in [5.74, 6) is 0.803. The zero-order chi connectivity index (χ0) is 9.30. The van der Waals surface area contributed by atoms with E-state index < -0.39 is 0 Å². The highest BCUT2D eigenvalue weighted by atomic mass is 35.5. The van der Waals surface area contributed by atoms with Gasteiger partial charge in [0.25, 0.3) is 0 Å². The van der Waals surface area contributed by atoms with E-state index in [2.05, 4.69) is 18.9 Å². The standard InChI is InChI=1S/C8H12Cl2N2/c1-5(2)7-6(4-9)8(10)12(3)11-7/h5H,4H2,1-3H3. The summed E-state index contributed by atoms with van der Waals surface area (Å²) in [5, 5.41) is 4.93. The first kappa shape index (κ1) is 9.87. The Hall–Kier alpha value is -0.210. The zero-order valence-corrected chi connectivity index (χ0v) is 8.95. The van der Waals surface area contributed by atoms with E-state index >= 15 is 0 Å². The van der Waals surface area contributed by atoms with Gasteiger partial charge in [-0.1, -0.05) is 25.4 Å². The van der Waals surface area contributed by atoms with Crippen LogP contribution in [0.2, 0.25) is 5.15 Å². The van der Waals surface area contributed by atoms with Gasteiger partial charge in [-0.25, -0.2) is 0 Å². The Bertz CT molecular complexity index is 279. The van der Waals surface area contributed by atoms with Crippen LogP contribution in [0.3, 0.4) is 0 Å². The van der Waals surface area contributed by atoms with E-state index in [1.165, 1.54) is 0 Å². The predicted molar refractivity (Wildman–Crippen MR) is 51.9 cm³/mol. The average molecular weight is 207 g/mol. The number of rotatable bonds is 2. The van der Waals surface area contributed by atoms with Crippen molar-refractivity contribution in [3.63, 3.8) is 0 Å². The lowest BCUT2D eigenvalue weighted by atomic mass is 10.1. The second-order valence-corrected chi connectivity index (χ2v) is 3.69. The molecule has 0 atom stereocenters. The SMILES string of the molecule is CC(C)c1nn(C)c(Cl)c1CCl. The highest BCUT2D eigenvalue weighted by molar-refractivity contribution is 6.31. The largest absolute Gasteiger partial charge is 0.256 e. The fraction of sp³-hybridized carbons (Fsp3) is 0.625. The summed E-state index contributed by atoms with van der Waals surface area (Å²) < 4.78 is 1.66. The summed E-state index contributed by atoms with van der Waals surface area (Å²) in [6.45, 7) is 4.16. The van der Waals surface area contributed by atoms with E-state index in [1.54, 1.807) is 4.68 Å². The van der Waals surface area contributed by atoms with Gasteiger partial charge in [0.15, 0.2) is 0 Å². The molecule has 1 heterocycles. The predicted octanol–water partition coefficient (Wildman–Crippen LogP) is 2.94. The van der Waals surface area contributed by atoms with Gasteiger partial charge in [-0.05, 0) is 5.92 Å². The molecule has 0 saturated carbocycles. The molecule has 0 fully saturated rings. The minimum Gasteiger partial charge on any atom is -0.256 e. The van der Waals surface area contributed by atoms with Crippen LogP contribution in [0.1, 0.15) is 31.0 Å². The van der Waals surface area contributed by atoms with Gasteiger partial charge in [0.1, 0.15) is 5.15 Å². The smallest absolute Gasteiger partial charge is 0.131 e. The third-order valence-electron chi connectivity index (χ3n) is 1.78. The minimum absolute atomic E-state index is 0.373. The van der Waals surface area contributed by atoms with Gasteiger partial charge in [0, 0.05) is 12.6 Å². The maximum atomic E-state index is 5.97. The Kier molecular flexibility index (Phi) is 3.02. The fourth-order valence-electron chi connectivity index (χ4n) is 1.15. The monoisotopic (exact) mass is 206 g/mol. The van der Waals surface area contributed by atoms with Gasteiger partial charge in [0.05, 0.1) is 11.6 Å². The van der Waals surface area contributed by atoms with Crippen LogP contribution >= 0.6 is 23.2 Å². The van der Waals surface area contributed by atoms with Gasteiger partial charge >= 0.3 is 0 Å². The molecule has 0 bridgehead atoms. The van der Waals surface area contributed by atoms with Crippen LogP contribution in [0.25, 0.3) is 0 Å². The van der Waals surface area contributed by atoms with E-state index in [0.29, 0.717) is 17.0 Å². The van der Waals surface area contributed by atoms with Crippen molar-refractivity contribution < 1.29 is 0 Å². The molecule has 1 aromatic heterocycles. The Morgan fingerprint density at radius 2 is 2.08 bits per heavy atom. The number of hydrogen-bond donors (Lipinski definition) is 0. The molecule has 0 aliphatic carbocycles. The molecule has 0 aliphatic rings. The van der Waals surface area contributed by atoms with Crippen molar-refractivity contribution in [3.05, 3.63) is 16.4 Å². The average Bonchev–Trinajstić information content (AvgIpc) is 2.29. The molecule has 0 amide bonds. The molecule has 1 rings (SSSR count). The molecule has 0 unspecified atom stereocenters. The summed E-state index contributed by atoms with van der Waals surface area (Å²) in [4.78, 5) is 0. The third-order valence-corrected chi connectivity index (χ3v) is 2.52. The highest BCUT2D eigenvalue weighted by Crippen LogP contribution is 2.26. The maximum Gasteiger partial charge on any atom is 0.131 e. The normalized spacial score (nSPS) is 11.2. The van der Waals surface area contributed by atoms with E-state index in [0.717, 1.165) is 11.3 Å². The number of hydrogen-bond acceptors (Lipinski definition) is 1. The minimum atomic E-state index is 0.373. The van der Waals surface area contributed by atoms with Crippen molar-refractivity contribution in [1.82, 2.24) is 9.78 Å². The van der Waals surface area contributed by atoms with Crippen LogP contribution in [-0.2, 0) is 12.9 Å². The van der Waals surface area contributed by atoms with Crippen LogP contribution in [0.5, 0.6) is 0 Å². The van der Waals surface area contributed by atoms with Gasteiger partial charge in [-0.3, -0.25) is 4.68 Å². The molecule has 0 radical (unpaired) electrons. The second-order valence-electron chi connectivity index (χ2n) is 3.07. The molecule has 1 aromatic rings. The van der Waals surface area contributed by atoms with Gasteiger partial charge < -0.3 is 0 Å². The fourth-order valence-corrected chi connectivity index (χ4v) is 1.69. The van der Waals surface area contributed by atoms with E-state index in [4.69, 9.17) is 23.2 Å². The molecule has 68 valence electrons. The number of aromatic nitrogens is 2. The quantitative estimate of drug-likeness (QED) is 0.681. The molecule has 12 heavy (non-hydrogen) atoms. The van der Waals surface area contributed by atoms with Gasteiger partial charge in [-0.15, -0.1) is 11.6 Å². The first-order valence-corrected chi connectivity index (χ1v) is 4.76. The Balaban J connectivity index is 3.20. The molecular weight excluding hydrogens is 195 g/mol. The van der Waals surface area contributed by atoms with Crippen LogP contribution in [0.4, 0.5) is 0 Å². The lowest BCUT2D eigenvalue weighted by Gasteiger charge is -2.00. The Morgan fingerprint density at radius 1 is 1.50 bits per heavy atom. The van der Waals surface area contributed by atoms with Crippen molar-refractivity contribution in [2.24, 2.45) is 7.05 Å². The number of nitrogens with zero attached hydrogens (tertiary/aromatic N) is 2. The number of aryl methyl sites for hydroxylation is 1. The highest BCUT2D eigenvalue weighted by Gasteiger charge is 2.15. The first-order chi connectivity index (χ1) is 5.57. The molecule has 0 aromatic carbocycles. The van der Waals surface area contributed by atoms with Crippen molar-refractivity contribution in [2.45, 2.75) is 25.6 Å². The summed E-state index contributed by atoms with van der Waals surface area (Å²) >= 11 is 11.7. The third kappa shape index (κ3) is 1.59. The summed E-state index contributed by atoms with van der Waals surface area (Å²) in [6.07, 6.45) is 0. The Labute approximate surface area is 82.5 Å². The first-order valence-electron chi connectivity index (χ1n) is 3.85. The maximum absolute atomic E-state index is 5.97. The summed E-state index contributed by atoms with van der Waals surface area (Å²) in [7, 11) is 1.82. The molecular formula is C8H12Cl2N2. The van der Waals surface area contributed by atoms with Gasteiger partial charge in [-0.2, -0.15) is 5.10 Å². The van der Waals surface area contributed by atoms with Crippen molar-refractivity contribution in [2.75, 3.05) is 0 Å². The van der Waals surface area contributed by atoms with E-state index in [9.17, 15) is 0 Å². The molecule has 0 N–H and O–H groups in total. The molecule has 0 saturated heterocycles. The Morgan fingerprint density at radius 3 is 2.42 bits per heavy atom. The van der Waals surface area contributed by atoms with Gasteiger partial charge in [0.2, 0.25) is 0 Å². The van der Waals surface area contributed by atoms with E-state index in [-0.39, 0.29) is 0 Å². The van der Waals surface area contributed by atoms with Crippen LogP contribution in [0.15, 0.2) is 0 Å². The zero-order valence-electron chi connectivity index (χ0n) is 7.43. The summed E-state index contributed by atoms with van der Waals surface area (Å²) in [5.41, 5.74) is 1.95. The molecule has 4 heteroatoms. The van der Waals surface area contributed by atoms with Crippen LogP contribution in [-0.4, -0.2) is 9.78 Å². The van der Waals surface area contributed by atoms with Crippen molar-refractivity contribution in [1.29, 1.82) is 0 Å². The number of halogens is 2. The second kappa shape index (κ2) is 3.67. The lowest BCUT2D eigenvalue weighted by Crippen LogP contribution is -1.94. The molecule has 2 nitrogen and oxygen atoms in total. The lowest BCUT2D eigenvalue weighted by molar-refractivity contribution is 0.712. The van der Waals surface area contributed by atoms with Crippen molar-refractivity contribution >= 4 is 23.2 Å². The summed E-state index contributed by atoms with van der Waals surface area (Å²) in [6, 6.07) is 0.